The van der Waals surface area contributed by atoms with E-state index in [1.54, 1.807) is 6.92 Å². The Morgan fingerprint density at radius 1 is 1.44 bits per heavy atom. The van der Waals surface area contributed by atoms with Gasteiger partial charge in [0.05, 0.1) is 18.8 Å². The maximum absolute atomic E-state index is 11.0. The van der Waals surface area contributed by atoms with E-state index in [4.69, 9.17) is 14.2 Å². The minimum absolute atomic E-state index is 0.0202. The third-order valence-corrected chi connectivity index (χ3v) is 2.83. The number of esters is 1. The van der Waals surface area contributed by atoms with E-state index < -0.39 is 5.60 Å². The fraction of sp³-hybridized carbons (Fsp3) is 0.917. The number of hydrogen-bond donors (Lipinski definition) is 2. The van der Waals surface area contributed by atoms with E-state index in [1.807, 2.05) is 0 Å². The molecule has 0 unspecified atom stereocenters. The Kier molecular flexibility index (Phi) is 7.19. The molecule has 1 saturated heterocycles. The second-order valence-corrected chi connectivity index (χ2v) is 4.37. The number of carbonyl (C=O) groups is 1. The SMILES string of the molecule is CCOC(=O)COCCNCC1(O)CCOCC1. The highest BCUT2D eigenvalue weighted by Crippen LogP contribution is 2.18. The minimum Gasteiger partial charge on any atom is -0.464 e. The number of carbonyl (C=O) groups excluding carboxylic acids is 1. The Hall–Kier alpha value is -0.690. The first-order valence-corrected chi connectivity index (χ1v) is 6.40. The van der Waals surface area contributed by atoms with Crippen molar-refractivity contribution in [3.05, 3.63) is 0 Å². The number of aliphatic hydroxyl groups is 1. The van der Waals surface area contributed by atoms with Gasteiger partial charge in [0, 0.05) is 39.1 Å². The first-order chi connectivity index (χ1) is 8.66. The molecule has 106 valence electrons. The summed E-state index contributed by atoms with van der Waals surface area (Å²) in [4.78, 5) is 11.0. The normalized spacial score (nSPS) is 18.6. The average Bonchev–Trinajstić information content (AvgIpc) is 2.35. The molecule has 1 rings (SSSR count). The second-order valence-electron chi connectivity index (χ2n) is 4.37. The van der Waals surface area contributed by atoms with Crippen LogP contribution in [0.5, 0.6) is 0 Å². The lowest BCUT2D eigenvalue weighted by molar-refractivity contribution is -0.148. The van der Waals surface area contributed by atoms with E-state index in [9.17, 15) is 9.90 Å². The van der Waals surface area contributed by atoms with Crippen LogP contribution in [-0.4, -0.2) is 62.8 Å². The van der Waals surface area contributed by atoms with Gasteiger partial charge in [0.2, 0.25) is 0 Å². The molecule has 0 spiro atoms. The van der Waals surface area contributed by atoms with Crippen molar-refractivity contribution in [2.24, 2.45) is 0 Å². The molecule has 18 heavy (non-hydrogen) atoms. The highest BCUT2D eigenvalue weighted by Gasteiger charge is 2.28. The monoisotopic (exact) mass is 261 g/mol. The number of rotatable bonds is 8. The molecule has 0 saturated carbocycles. The predicted molar refractivity (Wildman–Crippen MR) is 65.3 cm³/mol. The van der Waals surface area contributed by atoms with Crippen molar-refractivity contribution >= 4 is 5.97 Å². The van der Waals surface area contributed by atoms with E-state index >= 15 is 0 Å². The first-order valence-electron chi connectivity index (χ1n) is 6.40. The van der Waals surface area contributed by atoms with Gasteiger partial charge in [-0.25, -0.2) is 4.79 Å². The Morgan fingerprint density at radius 2 is 2.17 bits per heavy atom. The predicted octanol–water partition coefficient (Wildman–Crippen LogP) is -0.303. The van der Waals surface area contributed by atoms with Gasteiger partial charge in [-0.05, 0) is 6.92 Å². The summed E-state index contributed by atoms with van der Waals surface area (Å²) in [5.41, 5.74) is -0.667. The van der Waals surface area contributed by atoms with Crippen molar-refractivity contribution in [2.45, 2.75) is 25.4 Å². The third kappa shape index (κ3) is 6.30. The maximum Gasteiger partial charge on any atom is 0.332 e. The minimum atomic E-state index is -0.667. The van der Waals surface area contributed by atoms with Gasteiger partial charge in [-0.2, -0.15) is 0 Å². The van der Waals surface area contributed by atoms with Crippen LogP contribution in [0, 0.1) is 0 Å². The van der Waals surface area contributed by atoms with Crippen LogP contribution in [0.15, 0.2) is 0 Å². The van der Waals surface area contributed by atoms with E-state index in [-0.39, 0.29) is 12.6 Å². The van der Waals surface area contributed by atoms with Gasteiger partial charge in [0.25, 0.3) is 0 Å². The van der Waals surface area contributed by atoms with Crippen molar-refractivity contribution in [1.29, 1.82) is 0 Å². The lowest BCUT2D eigenvalue weighted by Crippen LogP contribution is -2.45. The van der Waals surface area contributed by atoms with Gasteiger partial charge in [-0.3, -0.25) is 0 Å². The quantitative estimate of drug-likeness (QED) is 0.461. The van der Waals surface area contributed by atoms with Crippen LogP contribution < -0.4 is 5.32 Å². The van der Waals surface area contributed by atoms with Crippen molar-refractivity contribution in [3.63, 3.8) is 0 Å². The summed E-state index contributed by atoms with van der Waals surface area (Å²) in [6.45, 7) is 4.87. The fourth-order valence-corrected chi connectivity index (χ4v) is 1.75. The summed E-state index contributed by atoms with van der Waals surface area (Å²) in [5, 5.41) is 13.2. The molecule has 0 amide bonds. The zero-order valence-electron chi connectivity index (χ0n) is 10.9. The molecular formula is C12H23NO5. The summed E-state index contributed by atoms with van der Waals surface area (Å²) in [5.74, 6) is -0.347. The average molecular weight is 261 g/mol. The molecule has 6 heteroatoms. The van der Waals surface area contributed by atoms with Crippen LogP contribution in [0.25, 0.3) is 0 Å². The summed E-state index contributed by atoms with van der Waals surface area (Å²) >= 11 is 0. The second kappa shape index (κ2) is 8.42. The molecule has 0 aromatic carbocycles. The van der Waals surface area contributed by atoms with Crippen LogP contribution in [-0.2, 0) is 19.0 Å². The van der Waals surface area contributed by atoms with Gasteiger partial charge in [-0.1, -0.05) is 0 Å². The van der Waals surface area contributed by atoms with Crippen LogP contribution in [0.4, 0.5) is 0 Å². The summed E-state index contributed by atoms with van der Waals surface area (Å²) in [6.07, 6.45) is 1.31. The molecular weight excluding hydrogens is 238 g/mol. The first kappa shape index (κ1) is 15.4. The Morgan fingerprint density at radius 3 is 2.83 bits per heavy atom. The van der Waals surface area contributed by atoms with E-state index in [1.165, 1.54) is 0 Å². The molecule has 0 aliphatic carbocycles. The van der Waals surface area contributed by atoms with Crippen LogP contribution >= 0.6 is 0 Å². The Labute approximate surface area is 108 Å². The highest BCUT2D eigenvalue weighted by atomic mass is 16.6. The Bertz CT molecular complexity index is 241. The van der Waals surface area contributed by atoms with Gasteiger partial charge < -0.3 is 24.6 Å². The molecule has 0 aromatic rings. The van der Waals surface area contributed by atoms with E-state index in [0.717, 1.165) is 0 Å². The van der Waals surface area contributed by atoms with Crippen LogP contribution in [0.3, 0.4) is 0 Å². The van der Waals surface area contributed by atoms with Crippen LogP contribution in [0.2, 0.25) is 0 Å². The molecule has 2 N–H and O–H groups in total. The van der Waals surface area contributed by atoms with Crippen molar-refractivity contribution in [1.82, 2.24) is 5.32 Å². The van der Waals surface area contributed by atoms with Gasteiger partial charge in [-0.15, -0.1) is 0 Å². The molecule has 1 fully saturated rings. The molecule has 0 atom stereocenters. The summed E-state index contributed by atoms with van der Waals surface area (Å²) < 4.78 is 15.0. The number of hydrogen-bond acceptors (Lipinski definition) is 6. The van der Waals surface area contributed by atoms with Gasteiger partial charge >= 0.3 is 5.97 Å². The number of ether oxygens (including phenoxy) is 3. The smallest absolute Gasteiger partial charge is 0.332 e. The number of nitrogens with one attached hydrogen (secondary N) is 1. The van der Waals surface area contributed by atoms with Gasteiger partial charge in [0.15, 0.2) is 0 Å². The van der Waals surface area contributed by atoms with E-state index in [2.05, 4.69) is 5.32 Å². The zero-order chi connectivity index (χ0) is 13.3. The van der Waals surface area contributed by atoms with E-state index in [0.29, 0.717) is 52.4 Å². The third-order valence-electron chi connectivity index (χ3n) is 2.83. The lowest BCUT2D eigenvalue weighted by Gasteiger charge is -2.32. The molecule has 0 aromatic heterocycles. The molecule has 6 nitrogen and oxygen atoms in total. The maximum atomic E-state index is 11.0. The molecule has 0 bridgehead atoms. The van der Waals surface area contributed by atoms with Crippen molar-refractivity contribution in [2.75, 3.05) is 46.1 Å². The highest BCUT2D eigenvalue weighted by molar-refractivity contribution is 5.70. The standard InChI is InChI=1S/C12H23NO5/c1-2-18-11(14)9-17-8-5-13-10-12(15)3-6-16-7-4-12/h13,15H,2-10H2,1H3. The zero-order valence-corrected chi connectivity index (χ0v) is 10.9. The summed E-state index contributed by atoms with van der Waals surface area (Å²) in [6, 6.07) is 0. The molecule has 0 radical (unpaired) electrons. The topological polar surface area (TPSA) is 77.0 Å². The lowest BCUT2D eigenvalue weighted by atomic mass is 9.94. The summed E-state index contributed by atoms with van der Waals surface area (Å²) in [7, 11) is 0. The van der Waals surface area contributed by atoms with Crippen molar-refractivity contribution in [3.8, 4) is 0 Å². The Balaban J connectivity index is 1.96. The van der Waals surface area contributed by atoms with Gasteiger partial charge in [0.1, 0.15) is 6.61 Å². The fourth-order valence-electron chi connectivity index (χ4n) is 1.75. The molecule has 1 heterocycles. The van der Waals surface area contributed by atoms with Crippen molar-refractivity contribution < 1.29 is 24.1 Å². The molecule has 1 aliphatic heterocycles. The molecule has 1 aliphatic rings. The van der Waals surface area contributed by atoms with Crippen LogP contribution in [0.1, 0.15) is 19.8 Å². The largest absolute Gasteiger partial charge is 0.464 e.